The van der Waals surface area contributed by atoms with E-state index in [0.717, 1.165) is 6.26 Å². The van der Waals surface area contributed by atoms with Gasteiger partial charge in [-0.2, -0.15) is 0 Å². The molecular formula is C8H12O3. The third-order valence-electron chi connectivity index (χ3n) is 1.72. The molecule has 0 bridgehead atoms. The Kier molecular flexibility index (Phi) is 2.00. The van der Waals surface area contributed by atoms with Crippen LogP contribution < -0.4 is 0 Å². The fourth-order valence-corrected chi connectivity index (χ4v) is 1.01. The normalized spacial score (nSPS) is 27.5. The summed E-state index contributed by atoms with van der Waals surface area (Å²) < 4.78 is 5.29. The molecule has 1 N–H and O–H groups in total. The van der Waals surface area contributed by atoms with Crippen LogP contribution in [0.25, 0.3) is 0 Å². The summed E-state index contributed by atoms with van der Waals surface area (Å²) in [5.74, 6) is -0.0243. The zero-order valence-corrected chi connectivity index (χ0v) is 6.76. The topological polar surface area (TPSA) is 46.5 Å². The van der Waals surface area contributed by atoms with Crippen LogP contribution in [0.4, 0.5) is 0 Å². The minimum absolute atomic E-state index is 0.0243. The molecule has 0 radical (unpaired) electrons. The number of aliphatic hydroxyl groups is 1. The van der Waals surface area contributed by atoms with Gasteiger partial charge < -0.3 is 9.84 Å². The average molecular weight is 156 g/mol. The highest BCUT2D eigenvalue weighted by Gasteiger charge is 2.30. The largest absolute Gasteiger partial charge is 0.515 e. The lowest BCUT2D eigenvalue weighted by Crippen LogP contribution is -2.35. The van der Waals surface area contributed by atoms with E-state index in [9.17, 15) is 4.79 Å². The molecule has 1 aliphatic heterocycles. The number of Topliss-reactive ketones (excluding diaryl/α,β-unsaturated/α-hetero) is 1. The van der Waals surface area contributed by atoms with Crippen molar-refractivity contribution in [1.82, 2.24) is 0 Å². The van der Waals surface area contributed by atoms with Crippen LogP contribution >= 0.6 is 0 Å². The van der Waals surface area contributed by atoms with Crippen molar-refractivity contribution in [2.45, 2.75) is 25.9 Å². The second-order valence-electron chi connectivity index (χ2n) is 3.30. The Morgan fingerprint density at radius 2 is 2.27 bits per heavy atom. The third kappa shape index (κ3) is 1.80. The first-order valence-corrected chi connectivity index (χ1v) is 3.55. The zero-order chi connectivity index (χ0) is 8.48. The molecule has 0 spiro atoms. The van der Waals surface area contributed by atoms with Gasteiger partial charge in [0.25, 0.3) is 0 Å². The maximum Gasteiger partial charge on any atom is 0.167 e. The second-order valence-corrected chi connectivity index (χ2v) is 3.30. The molecule has 1 heterocycles. The summed E-state index contributed by atoms with van der Waals surface area (Å²) in [6.07, 6.45) is 1.18. The van der Waals surface area contributed by atoms with Crippen molar-refractivity contribution in [3.8, 4) is 0 Å². The predicted molar refractivity (Wildman–Crippen MR) is 40.4 cm³/mol. The Labute approximate surface area is 65.7 Å². The molecule has 0 saturated carbocycles. The van der Waals surface area contributed by atoms with Crippen molar-refractivity contribution in [1.29, 1.82) is 0 Å². The van der Waals surface area contributed by atoms with E-state index in [1.807, 2.05) is 13.8 Å². The summed E-state index contributed by atoms with van der Waals surface area (Å²) in [7, 11) is 0. The van der Waals surface area contributed by atoms with E-state index >= 15 is 0 Å². The minimum atomic E-state index is -0.371. The number of hydrogen-bond acceptors (Lipinski definition) is 3. The Morgan fingerprint density at radius 3 is 2.73 bits per heavy atom. The third-order valence-corrected chi connectivity index (χ3v) is 1.72. The first-order valence-electron chi connectivity index (χ1n) is 3.55. The van der Waals surface area contributed by atoms with Crippen LogP contribution in [0.1, 0.15) is 20.3 Å². The molecule has 3 nitrogen and oxygen atoms in total. The molecule has 1 fully saturated rings. The van der Waals surface area contributed by atoms with Crippen LogP contribution in [-0.4, -0.2) is 23.1 Å². The molecule has 0 aromatic carbocycles. The van der Waals surface area contributed by atoms with Gasteiger partial charge in [0.1, 0.15) is 0 Å². The first-order chi connectivity index (χ1) is 5.05. The minimum Gasteiger partial charge on any atom is -0.515 e. The van der Waals surface area contributed by atoms with E-state index in [1.165, 1.54) is 0 Å². The van der Waals surface area contributed by atoms with E-state index in [2.05, 4.69) is 0 Å². The number of aliphatic hydroxyl groups excluding tert-OH is 1. The van der Waals surface area contributed by atoms with E-state index in [1.54, 1.807) is 0 Å². The van der Waals surface area contributed by atoms with Gasteiger partial charge in [-0.3, -0.25) is 4.79 Å². The van der Waals surface area contributed by atoms with Gasteiger partial charge in [-0.25, -0.2) is 0 Å². The van der Waals surface area contributed by atoms with Crippen LogP contribution in [0.5, 0.6) is 0 Å². The van der Waals surface area contributed by atoms with Crippen molar-refractivity contribution < 1.29 is 14.6 Å². The molecular weight excluding hydrogens is 144 g/mol. The lowest BCUT2D eigenvalue weighted by Gasteiger charge is -2.29. The van der Waals surface area contributed by atoms with Crippen LogP contribution in [0.15, 0.2) is 11.8 Å². The number of hydrogen-bond donors (Lipinski definition) is 1. The lowest BCUT2D eigenvalue weighted by molar-refractivity contribution is -0.128. The summed E-state index contributed by atoms with van der Waals surface area (Å²) in [6, 6.07) is 0. The van der Waals surface area contributed by atoms with Gasteiger partial charge in [0.2, 0.25) is 0 Å². The van der Waals surface area contributed by atoms with Crippen LogP contribution in [0.2, 0.25) is 0 Å². The molecule has 0 aromatic heterocycles. The van der Waals surface area contributed by atoms with Gasteiger partial charge in [0.05, 0.1) is 24.0 Å². The molecule has 3 heteroatoms. The number of carbonyl (C=O) groups is 1. The molecule has 1 saturated heterocycles. The van der Waals surface area contributed by atoms with Crippen LogP contribution in [0.3, 0.4) is 0 Å². The van der Waals surface area contributed by atoms with E-state index in [4.69, 9.17) is 9.84 Å². The van der Waals surface area contributed by atoms with Crippen molar-refractivity contribution >= 4 is 5.78 Å². The summed E-state index contributed by atoms with van der Waals surface area (Å²) >= 11 is 0. The highest BCUT2D eigenvalue weighted by molar-refractivity contribution is 5.96. The van der Waals surface area contributed by atoms with Gasteiger partial charge in [-0.05, 0) is 13.8 Å². The molecule has 0 atom stereocenters. The maximum absolute atomic E-state index is 11.1. The predicted octanol–water partition coefficient (Wildman–Crippen LogP) is 1.20. The number of ether oxygens (including phenoxy) is 1. The first kappa shape index (κ1) is 8.27. The number of ketones is 1. The van der Waals surface area contributed by atoms with Gasteiger partial charge in [0.15, 0.2) is 5.78 Å². The highest BCUT2D eigenvalue weighted by atomic mass is 16.5. The van der Waals surface area contributed by atoms with Crippen LogP contribution in [0, 0.1) is 0 Å². The smallest absolute Gasteiger partial charge is 0.167 e. The number of carbonyl (C=O) groups excluding carboxylic acids is 1. The molecule has 0 unspecified atom stereocenters. The Morgan fingerprint density at radius 1 is 1.64 bits per heavy atom. The number of rotatable bonds is 0. The Bertz CT molecular complexity index is 203. The standard InChI is InChI=1S/C8H12O3/c1-8(2)3-7(10)6(4-9)5-11-8/h4,9H,3,5H2,1-2H3/b6-4-. The van der Waals surface area contributed by atoms with Crippen LogP contribution in [-0.2, 0) is 9.53 Å². The Balaban J connectivity index is 2.70. The second kappa shape index (κ2) is 2.66. The van der Waals surface area contributed by atoms with Gasteiger partial charge in [-0.15, -0.1) is 0 Å². The molecule has 11 heavy (non-hydrogen) atoms. The molecule has 1 aliphatic rings. The molecule has 62 valence electrons. The average Bonchev–Trinajstić information content (AvgIpc) is 1.86. The van der Waals surface area contributed by atoms with Gasteiger partial charge in [-0.1, -0.05) is 0 Å². The van der Waals surface area contributed by atoms with Gasteiger partial charge >= 0.3 is 0 Å². The summed E-state index contributed by atoms with van der Waals surface area (Å²) in [5.41, 5.74) is -0.00632. The maximum atomic E-state index is 11.1. The van der Waals surface area contributed by atoms with Crippen molar-refractivity contribution in [3.05, 3.63) is 11.8 Å². The summed E-state index contributed by atoms with van der Waals surface area (Å²) in [4.78, 5) is 11.1. The van der Waals surface area contributed by atoms with E-state index < -0.39 is 0 Å². The van der Waals surface area contributed by atoms with Crippen molar-refractivity contribution in [2.24, 2.45) is 0 Å². The zero-order valence-electron chi connectivity index (χ0n) is 6.76. The summed E-state index contributed by atoms with van der Waals surface area (Å²) in [6.45, 7) is 3.94. The highest BCUT2D eigenvalue weighted by Crippen LogP contribution is 2.23. The Hall–Kier alpha value is -0.830. The lowest BCUT2D eigenvalue weighted by atomic mass is 9.95. The summed E-state index contributed by atoms with van der Waals surface area (Å²) in [5, 5.41) is 8.57. The quantitative estimate of drug-likeness (QED) is 0.423. The van der Waals surface area contributed by atoms with Gasteiger partial charge in [0, 0.05) is 6.42 Å². The molecule has 0 amide bonds. The molecule has 0 aliphatic carbocycles. The van der Waals surface area contributed by atoms with E-state index in [0.29, 0.717) is 12.0 Å². The van der Waals surface area contributed by atoms with Crippen molar-refractivity contribution in [2.75, 3.05) is 6.61 Å². The monoisotopic (exact) mass is 156 g/mol. The van der Waals surface area contributed by atoms with E-state index in [-0.39, 0.29) is 18.0 Å². The molecule has 0 aromatic rings. The fraction of sp³-hybridized carbons (Fsp3) is 0.625. The SMILES string of the molecule is CC1(C)CC(=O)/C(=C\O)CO1. The molecule has 1 rings (SSSR count). The fourth-order valence-electron chi connectivity index (χ4n) is 1.01. The van der Waals surface area contributed by atoms with Crippen molar-refractivity contribution in [3.63, 3.8) is 0 Å².